The van der Waals surface area contributed by atoms with Gasteiger partial charge in [-0.1, -0.05) is 27.2 Å². The van der Waals surface area contributed by atoms with Gasteiger partial charge >= 0.3 is 0 Å². The summed E-state index contributed by atoms with van der Waals surface area (Å²) in [5.41, 5.74) is 0. The van der Waals surface area contributed by atoms with Gasteiger partial charge in [0, 0.05) is 18.0 Å². The largest absolute Gasteiger partial charge is 0.338 e. The Morgan fingerprint density at radius 3 is 2.84 bits per heavy atom. The van der Waals surface area contributed by atoms with Crippen molar-refractivity contribution in [3.05, 3.63) is 21.9 Å². The van der Waals surface area contributed by atoms with E-state index in [-0.39, 0.29) is 5.91 Å². The van der Waals surface area contributed by atoms with Crippen molar-refractivity contribution in [2.24, 2.45) is 17.8 Å². The van der Waals surface area contributed by atoms with E-state index in [1.54, 1.807) is 11.3 Å². The van der Waals surface area contributed by atoms with Crippen LogP contribution >= 0.6 is 11.3 Å². The van der Waals surface area contributed by atoms with Crippen molar-refractivity contribution in [2.75, 3.05) is 13.1 Å². The minimum atomic E-state index is 0.235. The Kier molecular flexibility index (Phi) is 4.67. The van der Waals surface area contributed by atoms with Crippen LogP contribution in [0.3, 0.4) is 0 Å². The number of hydrogen-bond donors (Lipinski definition) is 0. The molecule has 1 aromatic heterocycles. The van der Waals surface area contributed by atoms with Gasteiger partial charge in [-0.25, -0.2) is 0 Å². The maximum atomic E-state index is 12.5. The molecule has 19 heavy (non-hydrogen) atoms. The second kappa shape index (κ2) is 6.08. The number of aryl methyl sites for hydroxylation is 1. The van der Waals surface area contributed by atoms with Gasteiger partial charge in [0.2, 0.25) is 0 Å². The van der Waals surface area contributed by atoms with Crippen molar-refractivity contribution >= 4 is 17.2 Å². The fourth-order valence-corrected chi connectivity index (χ4v) is 3.87. The smallest absolute Gasteiger partial charge is 0.263 e. The highest BCUT2D eigenvalue weighted by molar-refractivity contribution is 7.13. The Bertz CT molecular complexity index is 436. The zero-order valence-electron chi connectivity index (χ0n) is 12.5. The van der Waals surface area contributed by atoms with Crippen LogP contribution < -0.4 is 0 Å². The van der Waals surface area contributed by atoms with Crippen LogP contribution in [-0.2, 0) is 0 Å². The van der Waals surface area contributed by atoms with E-state index in [0.717, 1.165) is 30.3 Å². The molecule has 2 nitrogen and oxygen atoms in total. The van der Waals surface area contributed by atoms with Crippen LogP contribution in [0.5, 0.6) is 0 Å². The highest BCUT2D eigenvalue weighted by Gasteiger charge is 2.32. The first-order chi connectivity index (χ1) is 9.02. The zero-order valence-corrected chi connectivity index (χ0v) is 13.3. The predicted octanol–water partition coefficient (Wildman–Crippen LogP) is 4.20. The molecule has 1 unspecified atom stereocenters. The molecule has 1 fully saturated rings. The lowest BCUT2D eigenvalue weighted by Crippen LogP contribution is -2.44. The van der Waals surface area contributed by atoms with Crippen LogP contribution in [0.15, 0.2) is 12.1 Å². The van der Waals surface area contributed by atoms with E-state index in [9.17, 15) is 4.79 Å². The molecule has 1 aromatic rings. The van der Waals surface area contributed by atoms with Crippen molar-refractivity contribution in [1.29, 1.82) is 0 Å². The molecule has 0 radical (unpaired) electrons. The molecule has 1 saturated heterocycles. The van der Waals surface area contributed by atoms with Gasteiger partial charge in [0.05, 0.1) is 4.88 Å². The summed E-state index contributed by atoms with van der Waals surface area (Å²) >= 11 is 1.61. The third kappa shape index (κ3) is 3.19. The normalized spacial score (nSPS) is 25.4. The van der Waals surface area contributed by atoms with Crippen molar-refractivity contribution in [2.45, 2.75) is 40.5 Å². The van der Waals surface area contributed by atoms with E-state index in [4.69, 9.17) is 0 Å². The summed E-state index contributed by atoms with van der Waals surface area (Å²) in [5.74, 6) is 2.34. The molecule has 0 saturated carbocycles. The molecule has 2 heterocycles. The highest BCUT2D eigenvalue weighted by Crippen LogP contribution is 2.32. The zero-order chi connectivity index (χ0) is 14.0. The monoisotopic (exact) mass is 279 g/mol. The van der Waals surface area contributed by atoms with Crippen molar-refractivity contribution in [3.63, 3.8) is 0 Å². The highest BCUT2D eigenvalue weighted by atomic mass is 32.1. The third-order valence-electron chi connectivity index (χ3n) is 4.63. The number of rotatable bonds is 3. The van der Waals surface area contributed by atoms with E-state index in [2.05, 4.69) is 32.6 Å². The average molecular weight is 279 g/mol. The summed E-state index contributed by atoms with van der Waals surface area (Å²) in [6.07, 6.45) is 2.35. The molecule has 3 heteroatoms. The van der Waals surface area contributed by atoms with Gasteiger partial charge in [0.25, 0.3) is 5.91 Å². The maximum absolute atomic E-state index is 12.5. The fourth-order valence-electron chi connectivity index (χ4n) is 3.03. The van der Waals surface area contributed by atoms with E-state index in [1.807, 2.05) is 12.1 Å². The predicted molar refractivity (Wildman–Crippen MR) is 81.7 cm³/mol. The van der Waals surface area contributed by atoms with Gasteiger partial charge in [0.15, 0.2) is 0 Å². The summed E-state index contributed by atoms with van der Waals surface area (Å²) in [5, 5.41) is 0. The Hall–Kier alpha value is -0.830. The summed E-state index contributed by atoms with van der Waals surface area (Å²) in [7, 11) is 0. The van der Waals surface area contributed by atoms with Crippen LogP contribution in [0.25, 0.3) is 0 Å². The molecular weight excluding hydrogens is 254 g/mol. The SMILES string of the molecule is CCC(C)[C@H]1CN(C(=O)c2ccc(C)s2)CC[C@H]1C. The summed E-state index contributed by atoms with van der Waals surface area (Å²) in [6.45, 7) is 10.8. The molecule has 0 aromatic carbocycles. The number of carbonyl (C=O) groups is 1. The topological polar surface area (TPSA) is 20.3 Å². The molecule has 3 atom stereocenters. The lowest BCUT2D eigenvalue weighted by Gasteiger charge is -2.39. The number of thiophene rings is 1. The summed E-state index contributed by atoms with van der Waals surface area (Å²) in [6, 6.07) is 4.01. The second-order valence-electron chi connectivity index (χ2n) is 5.98. The number of amides is 1. The molecule has 2 rings (SSSR count). The lowest BCUT2D eigenvalue weighted by atomic mass is 9.78. The number of hydrogen-bond acceptors (Lipinski definition) is 2. The van der Waals surface area contributed by atoms with Crippen molar-refractivity contribution in [1.82, 2.24) is 4.90 Å². The van der Waals surface area contributed by atoms with E-state index in [1.165, 1.54) is 11.3 Å². The molecule has 0 bridgehead atoms. The van der Waals surface area contributed by atoms with Crippen molar-refractivity contribution in [3.8, 4) is 0 Å². The van der Waals surface area contributed by atoms with Gasteiger partial charge in [-0.2, -0.15) is 0 Å². The summed E-state index contributed by atoms with van der Waals surface area (Å²) in [4.78, 5) is 16.7. The van der Waals surface area contributed by atoms with Crippen LogP contribution in [0, 0.1) is 24.7 Å². The standard InChI is InChI=1S/C16H25NOS/c1-5-11(2)14-10-17(9-8-12(14)3)16(18)15-7-6-13(4)19-15/h6-7,11-12,14H,5,8-10H2,1-4H3/t11?,12-,14-/m1/s1. The number of nitrogens with zero attached hydrogens (tertiary/aromatic N) is 1. The summed E-state index contributed by atoms with van der Waals surface area (Å²) < 4.78 is 0. The third-order valence-corrected chi connectivity index (χ3v) is 5.62. The lowest BCUT2D eigenvalue weighted by molar-refractivity contribution is 0.0535. The number of piperidine rings is 1. The molecule has 0 aliphatic carbocycles. The fraction of sp³-hybridized carbons (Fsp3) is 0.688. The molecule has 0 spiro atoms. The van der Waals surface area contributed by atoms with E-state index >= 15 is 0 Å². The van der Waals surface area contributed by atoms with E-state index < -0.39 is 0 Å². The first-order valence-corrected chi connectivity index (χ1v) is 8.20. The molecular formula is C16H25NOS. The number of likely N-dealkylation sites (tertiary alicyclic amines) is 1. The second-order valence-corrected chi connectivity index (χ2v) is 7.26. The van der Waals surface area contributed by atoms with Gasteiger partial charge < -0.3 is 4.90 Å². The minimum Gasteiger partial charge on any atom is -0.338 e. The average Bonchev–Trinajstić information content (AvgIpc) is 2.84. The van der Waals surface area contributed by atoms with Gasteiger partial charge in [-0.15, -0.1) is 11.3 Å². The first kappa shape index (κ1) is 14.6. The number of carbonyl (C=O) groups excluding carboxylic acids is 1. The Morgan fingerprint density at radius 2 is 2.26 bits per heavy atom. The Labute approximate surface area is 120 Å². The first-order valence-electron chi connectivity index (χ1n) is 7.38. The van der Waals surface area contributed by atoms with Gasteiger partial charge in [-0.05, 0) is 43.2 Å². The van der Waals surface area contributed by atoms with E-state index in [0.29, 0.717) is 11.8 Å². The quantitative estimate of drug-likeness (QED) is 0.812. The molecule has 0 N–H and O–H groups in total. The molecule has 1 amide bonds. The minimum absolute atomic E-state index is 0.235. The Morgan fingerprint density at radius 1 is 1.53 bits per heavy atom. The Balaban J connectivity index is 2.07. The van der Waals surface area contributed by atoms with Gasteiger partial charge in [0.1, 0.15) is 0 Å². The van der Waals surface area contributed by atoms with Crippen LogP contribution in [0.2, 0.25) is 0 Å². The molecule has 1 aliphatic rings. The maximum Gasteiger partial charge on any atom is 0.263 e. The van der Waals surface area contributed by atoms with Crippen molar-refractivity contribution < 1.29 is 4.79 Å². The van der Waals surface area contributed by atoms with Crippen LogP contribution in [-0.4, -0.2) is 23.9 Å². The molecule has 1 aliphatic heterocycles. The van der Waals surface area contributed by atoms with Gasteiger partial charge in [-0.3, -0.25) is 4.79 Å². The molecule has 106 valence electrons. The van der Waals surface area contributed by atoms with Crippen LogP contribution in [0.1, 0.15) is 48.2 Å². The van der Waals surface area contributed by atoms with Crippen LogP contribution in [0.4, 0.5) is 0 Å².